The summed E-state index contributed by atoms with van der Waals surface area (Å²) in [5.74, 6) is 0.324. The number of aryl methyl sites for hydroxylation is 3. The van der Waals surface area contributed by atoms with E-state index in [1.54, 1.807) is 6.07 Å². The summed E-state index contributed by atoms with van der Waals surface area (Å²) in [7, 11) is 0. The lowest BCUT2D eigenvalue weighted by Crippen LogP contribution is -2.26. The molecule has 1 heterocycles. The van der Waals surface area contributed by atoms with Gasteiger partial charge >= 0.3 is 0 Å². The minimum absolute atomic E-state index is 0.128. The summed E-state index contributed by atoms with van der Waals surface area (Å²) < 4.78 is 0. The Morgan fingerprint density at radius 1 is 1.14 bits per heavy atom. The van der Waals surface area contributed by atoms with Gasteiger partial charge in [-0.3, -0.25) is 4.79 Å². The average molecular weight is 296 g/mol. The first-order valence-electron chi connectivity index (χ1n) is 7.52. The number of anilines is 2. The second kappa shape index (κ2) is 5.75. The van der Waals surface area contributed by atoms with Crippen LogP contribution in [0.2, 0.25) is 0 Å². The molecule has 2 N–H and O–H groups in total. The zero-order valence-electron chi connectivity index (χ0n) is 13.1. The Labute approximate surface area is 130 Å². The Hall–Kier alpha value is -2.43. The van der Waals surface area contributed by atoms with Gasteiger partial charge in [0.05, 0.1) is 0 Å². The van der Waals surface area contributed by atoms with Crippen LogP contribution < -0.4 is 10.6 Å². The summed E-state index contributed by atoms with van der Waals surface area (Å²) in [5.41, 5.74) is 4.45. The number of rotatable bonds is 4. The van der Waals surface area contributed by atoms with Gasteiger partial charge in [-0.15, -0.1) is 0 Å². The fourth-order valence-electron chi connectivity index (χ4n) is 2.30. The van der Waals surface area contributed by atoms with Gasteiger partial charge in [-0.2, -0.15) is 0 Å². The Kier molecular flexibility index (Phi) is 3.79. The van der Waals surface area contributed by atoms with E-state index >= 15 is 0 Å². The van der Waals surface area contributed by atoms with Crippen molar-refractivity contribution >= 4 is 17.5 Å². The second-order valence-electron chi connectivity index (χ2n) is 5.91. The summed E-state index contributed by atoms with van der Waals surface area (Å²) in [6.45, 7) is 5.95. The fraction of sp³-hybridized carbons (Fsp3) is 0.353. The SMILES string of the molecule is Cc1ccc(Nc2nc(C)cc(C(=O)NC3CC3)n2)c(C)c1. The molecule has 1 amide bonds. The highest BCUT2D eigenvalue weighted by Gasteiger charge is 2.24. The van der Waals surface area contributed by atoms with Crippen LogP contribution in [-0.4, -0.2) is 21.9 Å². The van der Waals surface area contributed by atoms with Gasteiger partial charge in [-0.25, -0.2) is 9.97 Å². The van der Waals surface area contributed by atoms with Crippen LogP contribution in [0, 0.1) is 20.8 Å². The molecule has 1 aliphatic carbocycles. The van der Waals surface area contributed by atoms with Crippen molar-refractivity contribution in [3.63, 3.8) is 0 Å². The largest absolute Gasteiger partial charge is 0.348 e. The molecule has 0 spiro atoms. The predicted molar refractivity (Wildman–Crippen MR) is 86.5 cm³/mol. The highest BCUT2D eigenvalue weighted by molar-refractivity contribution is 5.93. The highest BCUT2D eigenvalue weighted by Crippen LogP contribution is 2.21. The maximum Gasteiger partial charge on any atom is 0.270 e. The van der Waals surface area contributed by atoms with Crippen molar-refractivity contribution < 1.29 is 4.79 Å². The van der Waals surface area contributed by atoms with E-state index < -0.39 is 0 Å². The Balaban J connectivity index is 1.83. The van der Waals surface area contributed by atoms with E-state index in [9.17, 15) is 4.79 Å². The molecule has 0 atom stereocenters. The smallest absolute Gasteiger partial charge is 0.270 e. The third-order valence-electron chi connectivity index (χ3n) is 3.63. The summed E-state index contributed by atoms with van der Waals surface area (Å²) in [6, 6.07) is 8.16. The Morgan fingerprint density at radius 2 is 1.91 bits per heavy atom. The van der Waals surface area contributed by atoms with Gasteiger partial charge in [-0.1, -0.05) is 17.7 Å². The number of aromatic nitrogens is 2. The topological polar surface area (TPSA) is 66.9 Å². The predicted octanol–water partition coefficient (Wildman–Crippen LogP) is 3.04. The zero-order valence-corrected chi connectivity index (χ0v) is 13.1. The molecular formula is C17H20N4O. The van der Waals surface area contributed by atoms with E-state index in [2.05, 4.69) is 33.6 Å². The quantitative estimate of drug-likeness (QED) is 0.910. The van der Waals surface area contributed by atoms with Crippen molar-refractivity contribution in [3.05, 3.63) is 46.8 Å². The first kappa shape index (κ1) is 14.5. The van der Waals surface area contributed by atoms with Crippen molar-refractivity contribution in [1.29, 1.82) is 0 Å². The van der Waals surface area contributed by atoms with Gasteiger partial charge in [0.1, 0.15) is 5.69 Å². The van der Waals surface area contributed by atoms with Crippen LogP contribution in [0.5, 0.6) is 0 Å². The average Bonchev–Trinajstić information content (AvgIpc) is 3.25. The summed E-state index contributed by atoms with van der Waals surface area (Å²) in [4.78, 5) is 20.8. The number of hydrogen-bond acceptors (Lipinski definition) is 4. The first-order valence-corrected chi connectivity index (χ1v) is 7.52. The number of carbonyl (C=O) groups excluding carboxylic acids is 1. The second-order valence-corrected chi connectivity index (χ2v) is 5.91. The monoisotopic (exact) mass is 296 g/mol. The van der Waals surface area contributed by atoms with Crippen LogP contribution in [0.1, 0.15) is 40.2 Å². The third kappa shape index (κ3) is 3.42. The molecule has 1 aliphatic rings. The van der Waals surface area contributed by atoms with Gasteiger partial charge in [0.15, 0.2) is 0 Å². The number of benzene rings is 1. The molecule has 0 unspecified atom stereocenters. The van der Waals surface area contributed by atoms with Crippen molar-refractivity contribution in [1.82, 2.24) is 15.3 Å². The first-order chi connectivity index (χ1) is 10.5. The molecule has 114 valence electrons. The molecule has 5 heteroatoms. The van der Waals surface area contributed by atoms with Crippen LogP contribution in [-0.2, 0) is 0 Å². The fourth-order valence-corrected chi connectivity index (χ4v) is 2.30. The van der Waals surface area contributed by atoms with Crippen molar-refractivity contribution in [3.8, 4) is 0 Å². The summed E-state index contributed by atoms with van der Waals surface area (Å²) in [6.07, 6.45) is 2.12. The molecule has 1 aromatic carbocycles. The van der Waals surface area contributed by atoms with Gasteiger partial charge in [0.25, 0.3) is 5.91 Å². The molecule has 1 fully saturated rings. The number of amides is 1. The molecule has 5 nitrogen and oxygen atoms in total. The molecule has 0 aliphatic heterocycles. The summed E-state index contributed by atoms with van der Waals surface area (Å²) >= 11 is 0. The van der Waals surface area contributed by atoms with Gasteiger partial charge in [0, 0.05) is 17.4 Å². The van der Waals surface area contributed by atoms with Gasteiger partial charge < -0.3 is 10.6 Å². The molecule has 0 radical (unpaired) electrons. The van der Waals surface area contributed by atoms with E-state index in [0.29, 0.717) is 17.7 Å². The van der Waals surface area contributed by atoms with E-state index in [-0.39, 0.29) is 5.91 Å². The summed E-state index contributed by atoms with van der Waals surface area (Å²) in [5, 5.41) is 6.15. The molecule has 3 rings (SSSR count). The van der Waals surface area contributed by atoms with E-state index in [4.69, 9.17) is 0 Å². The zero-order chi connectivity index (χ0) is 15.7. The Morgan fingerprint density at radius 3 is 2.59 bits per heavy atom. The lowest BCUT2D eigenvalue weighted by molar-refractivity contribution is 0.0946. The van der Waals surface area contributed by atoms with Crippen LogP contribution in [0.4, 0.5) is 11.6 Å². The number of nitrogens with zero attached hydrogens (tertiary/aromatic N) is 2. The van der Waals surface area contributed by atoms with Crippen molar-refractivity contribution in [2.45, 2.75) is 39.7 Å². The molecule has 0 saturated heterocycles. The van der Waals surface area contributed by atoms with Crippen molar-refractivity contribution in [2.75, 3.05) is 5.32 Å². The minimum atomic E-state index is -0.128. The third-order valence-corrected chi connectivity index (χ3v) is 3.63. The minimum Gasteiger partial charge on any atom is -0.348 e. The molecule has 1 aromatic heterocycles. The Bertz CT molecular complexity index is 723. The number of nitrogens with one attached hydrogen (secondary N) is 2. The van der Waals surface area contributed by atoms with Gasteiger partial charge in [0.2, 0.25) is 5.95 Å². The molecule has 2 aromatic rings. The van der Waals surface area contributed by atoms with Crippen molar-refractivity contribution in [2.24, 2.45) is 0 Å². The molecule has 22 heavy (non-hydrogen) atoms. The maximum atomic E-state index is 12.1. The number of hydrogen-bond donors (Lipinski definition) is 2. The van der Waals surface area contributed by atoms with Crippen LogP contribution in [0.15, 0.2) is 24.3 Å². The maximum absolute atomic E-state index is 12.1. The van der Waals surface area contributed by atoms with E-state index in [1.807, 2.05) is 26.0 Å². The van der Waals surface area contributed by atoms with Gasteiger partial charge in [-0.05, 0) is 51.3 Å². The van der Waals surface area contributed by atoms with Crippen LogP contribution in [0.25, 0.3) is 0 Å². The normalized spacial score (nSPS) is 13.8. The van der Waals surface area contributed by atoms with Crippen LogP contribution >= 0.6 is 0 Å². The van der Waals surface area contributed by atoms with Crippen LogP contribution in [0.3, 0.4) is 0 Å². The number of carbonyl (C=O) groups is 1. The molecule has 0 bridgehead atoms. The highest BCUT2D eigenvalue weighted by atomic mass is 16.2. The standard InChI is InChI=1S/C17H20N4O/c1-10-4-7-14(11(2)8-10)20-17-18-12(3)9-15(21-17)16(22)19-13-5-6-13/h4,7-9,13H,5-6H2,1-3H3,(H,19,22)(H,18,20,21). The van der Waals surface area contributed by atoms with E-state index in [1.165, 1.54) is 5.56 Å². The lowest BCUT2D eigenvalue weighted by Gasteiger charge is -2.11. The lowest BCUT2D eigenvalue weighted by atomic mass is 10.1. The molecular weight excluding hydrogens is 276 g/mol. The molecule has 1 saturated carbocycles. The van der Waals surface area contributed by atoms with E-state index in [0.717, 1.165) is 29.8 Å².